The van der Waals surface area contributed by atoms with Gasteiger partial charge in [0.2, 0.25) is 0 Å². The van der Waals surface area contributed by atoms with Crippen molar-refractivity contribution in [1.82, 2.24) is 4.57 Å². The maximum Gasteiger partial charge on any atom is 0.337 e. The summed E-state index contributed by atoms with van der Waals surface area (Å²) in [6.45, 7) is 11.0. The first-order chi connectivity index (χ1) is 18.9. The van der Waals surface area contributed by atoms with Gasteiger partial charge in [-0.3, -0.25) is 9.36 Å². The van der Waals surface area contributed by atoms with E-state index in [4.69, 9.17) is 18.9 Å². The molecule has 204 valence electrons. The number of ether oxygens (including phenoxy) is 4. The molecule has 1 atom stereocenters. The summed E-state index contributed by atoms with van der Waals surface area (Å²) in [6.07, 6.45) is 5.76. The summed E-state index contributed by atoms with van der Waals surface area (Å²) in [6, 6.07) is 10.5. The standard InChI is InChI=1S/C30H32N2O6S/c1-6-10-20-15-19(11-13-23(20)36-7-2)16-26-28(33)32-27(22(29(34)35-5)18-31-30(32)39-26)21-12-14-24(37-8-3)25(17-21)38-9-4/h6,11-18,27H,1,7-10H2,2-5H3/b26-16-/t27-/m1/s1. The number of hydrogen-bond acceptors (Lipinski definition) is 8. The predicted molar refractivity (Wildman–Crippen MR) is 151 cm³/mol. The Labute approximate surface area is 231 Å². The van der Waals surface area contributed by atoms with Crippen molar-refractivity contribution >= 4 is 23.4 Å². The van der Waals surface area contributed by atoms with Crippen LogP contribution in [0.3, 0.4) is 0 Å². The van der Waals surface area contributed by atoms with E-state index < -0.39 is 12.0 Å². The molecule has 2 heterocycles. The molecular weight excluding hydrogens is 516 g/mol. The molecule has 9 heteroatoms. The van der Waals surface area contributed by atoms with E-state index in [1.54, 1.807) is 12.1 Å². The molecule has 0 saturated carbocycles. The van der Waals surface area contributed by atoms with E-state index >= 15 is 0 Å². The topological polar surface area (TPSA) is 88.4 Å². The first kappa shape index (κ1) is 27.9. The summed E-state index contributed by atoms with van der Waals surface area (Å²) < 4.78 is 24.3. The summed E-state index contributed by atoms with van der Waals surface area (Å²) in [5.74, 6) is 1.35. The fraction of sp³-hybridized carbons (Fsp3) is 0.300. The number of methoxy groups -OCH3 is 1. The van der Waals surface area contributed by atoms with Gasteiger partial charge in [0.25, 0.3) is 5.56 Å². The average molecular weight is 549 g/mol. The molecule has 0 bridgehead atoms. The molecule has 0 fully saturated rings. The van der Waals surface area contributed by atoms with Gasteiger partial charge in [-0.1, -0.05) is 29.5 Å². The molecule has 0 saturated heterocycles. The van der Waals surface area contributed by atoms with Crippen LogP contribution in [0.25, 0.3) is 6.08 Å². The number of fused-ring (bicyclic) bond motifs is 1. The fourth-order valence-electron chi connectivity index (χ4n) is 4.44. The lowest BCUT2D eigenvalue weighted by Crippen LogP contribution is -2.39. The molecule has 0 N–H and O–H groups in total. The van der Waals surface area contributed by atoms with Gasteiger partial charge in [0.1, 0.15) is 5.75 Å². The molecule has 0 aliphatic carbocycles. The van der Waals surface area contributed by atoms with Crippen LogP contribution in [0.2, 0.25) is 0 Å². The lowest BCUT2D eigenvalue weighted by Gasteiger charge is -2.23. The second kappa shape index (κ2) is 12.6. The minimum atomic E-state index is -0.748. The highest BCUT2D eigenvalue weighted by molar-refractivity contribution is 7.07. The minimum Gasteiger partial charge on any atom is -0.494 e. The van der Waals surface area contributed by atoms with Gasteiger partial charge in [0.05, 0.1) is 43.1 Å². The highest BCUT2D eigenvalue weighted by atomic mass is 32.1. The van der Waals surface area contributed by atoms with E-state index in [-0.39, 0.29) is 11.1 Å². The van der Waals surface area contributed by atoms with Crippen molar-refractivity contribution in [3.63, 3.8) is 0 Å². The number of nitrogens with zero attached hydrogens (tertiary/aromatic N) is 2. The Hall–Kier alpha value is -4.11. The van der Waals surface area contributed by atoms with Crippen LogP contribution in [-0.4, -0.2) is 37.5 Å². The minimum absolute atomic E-state index is 0.248. The number of esters is 1. The third kappa shape index (κ3) is 5.83. The maximum atomic E-state index is 13.8. The van der Waals surface area contributed by atoms with Crippen molar-refractivity contribution in [2.45, 2.75) is 33.2 Å². The average Bonchev–Trinajstić information content (AvgIpc) is 3.25. The van der Waals surface area contributed by atoms with E-state index in [1.165, 1.54) is 29.2 Å². The molecule has 1 aromatic heterocycles. The number of rotatable bonds is 11. The number of carbonyl (C=O) groups excluding carboxylic acids is 1. The Balaban J connectivity index is 1.87. The number of benzene rings is 2. The first-order valence-electron chi connectivity index (χ1n) is 12.8. The monoisotopic (exact) mass is 548 g/mol. The number of allylic oxidation sites excluding steroid dienone is 1. The van der Waals surface area contributed by atoms with Gasteiger partial charge in [-0.2, -0.15) is 0 Å². The molecule has 2 aromatic carbocycles. The third-order valence-electron chi connectivity index (χ3n) is 6.05. The van der Waals surface area contributed by atoms with Crippen molar-refractivity contribution in [1.29, 1.82) is 0 Å². The zero-order valence-electron chi connectivity index (χ0n) is 22.6. The van der Waals surface area contributed by atoms with Crippen molar-refractivity contribution in [2.75, 3.05) is 26.9 Å². The summed E-state index contributed by atoms with van der Waals surface area (Å²) in [5.41, 5.74) is 2.50. The van der Waals surface area contributed by atoms with Crippen LogP contribution in [-0.2, 0) is 16.0 Å². The van der Waals surface area contributed by atoms with Crippen molar-refractivity contribution in [3.8, 4) is 17.2 Å². The highest BCUT2D eigenvalue weighted by Crippen LogP contribution is 2.35. The first-order valence-corrected chi connectivity index (χ1v) is 13.6. The molecule has 1 aliphatic heterocycles. The van der Waals surface area contributed by atoms with Crippen LogP contribution in [0.1, 0.15) is 43.5 Å². The Morgan fingerprint density at radius 2 is 1.72 bits per heavy atom. The number of thiazole rings is 1. The lowest BCUT2D eigenvalue weighted by molar-refractivity contribution is -0.136. The molecule has 8 nitrogen and oxygen atoms in total. The summed E-state index contributed by atoms with van der Waals surface area (Å²) in [5, 5.41) is 0. The summed E-state index contributed by atoms with van der Waals surface area (Å²) in [4.78, 5) is 31.5. The van der Waals surface area contributed by atoms with Gasteiger partial charge in [-0.25, -0.2) is 9.79 Å². The molecule has 1 aliphatic rings. The smallest absolute Gasteiger partial charge is 0.337 e. The van der Waals surface area contributed by atoms with Gasteiger partial charge < -0.3 is 18.9 Å². The van der Waals surface area contributed by atoms with Crippen molar-refractivity contribution in [2.24, 2.45) is 4.99 Å². The van der Waals surface area contributed by atoms with Crippen LogP contribution < -0.4 is 29.1 Å². The van der Waals surface area contributed by atoms with Gasteiger partial charge in [-0.05, 0) is 74.2 Å². The van der Waals surface area contributed by atoms with Crippen molar-refractivity contribution < 1.29 is 23.7 Å². The highest BCUT2D eigenvalue weighted by Gasteiger charge is 2.31. The fourth-order valence-corrected chi connectivity index (χ4v) is 5.41. The largest absolute Gasteiger partial charge is 0.494 e. The van der Waals surface area contributed by atoms with E-state index in [0.29, 0.717) is 52.6 Å². The van der Waals surface area contributed by atoms with Crippen LogP contribution in [0.5, 0.6) is 17.2 Å². The molecule has 0 amide bonds. The van der Waals surface area contributed by atoms with Crippen molar-refractivity contribution in [3.05, 3.63) is 97.2 Å². The normalized spacial score (nSPS) is 14.6. The van der Waals surface area contributed by atoms with Crippen LogP contribution in [0.4, 0.5) is 0 Å². The molecule has 0 spiro atoms. The van der Waals surface area contributed by atoms with Crippen LogP contribution in [0, 0.1) is 0 Å². The SMILES string of the molecule is C=CCc1cc(/C=c2\sc3n(c2=O)[C@H](c2ccc(OCC)c(OCC)c2)C(C(=O)OC)=CN=3)ccc1OCC. The Kier molecular flexibility index (Phi) is 9.03. The zero-order chi connectivity index (χ0) is 27.9. The van der Waals surface area contributed by atoms with Gasteiger partial charge in [0.15, 0.2) is 16.3 Å². The molecule has 0 radical (unpaired) electrons. The molecule has 4 rings (SSSR count). The van der Waals surface area contributed by atoms with Crippen LogP contribution >= 0.6 is 11.3 Å². The predicted octanol–water partition coefficient (Wildman–Crippen LogP) is 3.94. The van der Waals surface area contributed by atoms with Gasteiger partial charge in [-0.15, -0.1) is 6.58 Å². The second-order valence-electron chi connectivity index (χ2n) is 8.54. The quantitative estimate of drug-likeness (QED) is 0.266. The molecular formula is C30H32N2O6S. The third-order valence-corrected chi connectivity index (χ3v) is 7.05. The van der Waals surface area contributed by atoms with E-state index in [1.807, 2.05) is 57.2 Å². The Bertz CT molecular complexity index is 1580. The lowest BCUT2D eigenvalue weighted by atomic mass is 9.97. The number of hydrogen-bond donors (Lipinski definition) is 0. The molecule has 3 aromatic rings. The van der Waals surface area contributed by atoms with E-state index in [2.05, 4.69) is 11.6 Å². The maximum absolute atomic E-state index is 13.8. The summed E-state index contributed by atoms with van der Waals surface area (Å²) >= 11 is 1.26. The second-order valence-corrected chi connectivity index (χ2v) is 9.55. The number of carbonyl (C=O) groups is 1. The van der Waals surface area contributed by atoms with E-state index in [0.717, 1.165) is 16.9 Å². The van der Waals surface area contributed by atoms with Gasteiger partial charge >= 0.3 is 5.97 Å². The summed E-state index contributed by atoms with van der Waals surface area (Å²) in [7, 11) is 1.31. The molecule has 0 unspecified atom stereocenters. The van der Waals surface area contributed by atoms with E-state index in [9.17, 15) is 9.59 Å². The molecule has 39 heavy (non-hydrogen) atoms. The Morgan fingerprint density at radius 1 is 1.03 bits per heavy atom. The van der Waals surface area contributed by atoms with Gasteiger partial charge in [0, 0.05) is 6.20 Å². The van der Waals surface area contributed by atoms with Crippen LogP contribution in [0.15, 0.2) is 70.6 Å². The zero-order valence-corrected chi connectivity index (χ0v) is 23.4. The Morgan fingerprint density at radius 3 is 2.41 bits per heavy atom. The number of aromatic nitrogens is 1.